The van der Waals surface area contributed by atoms with Gasteiger partial charge in [0.15, 0.2) is 5.96 Å². The maximum Gasteiger partial charge on any atom is 0.192 e. The van der Waals surface area contributed by atoms with Crippen molar-refractivity contribution in [1.82, 2.24) is 4.90 Å². The maximum atomic E-state index is 5.90. The summed E-state index contributed by atoms with van der Waals surface area (Å²) in [4.78, 5) is 9.25. The van der Waals surface area contributed by atoms with Crippen LogP contribution >= 0.6 is 11.3 Å². The number of hydrogen-bond acceptors (Lipinski definition) is 4. The number of thiophene rings is 1. The first-order valence-electron chi connectivity index (χ1n) is 5.24. The Kier molecular flexibility index (Phi) is 2.69. The first-order chi connectivity index (χ1) is 7.09. The average molecular weight is 223 g/mol. The number of rotatable bonds is 2. The van der Waals surface area contributed by atoms with Crippen LogP contribution in [0.5, 0.6) is 0 Å². The molecule has 15 heavy (non-hydrogen) atoms. The Bertz CT molecular complexity index is 381. The minimum Gasteiger partial charge on any atom is -0.370 e. The quantitative estimate of drug-likeness (QED) is 0.834. The highest BCUT2D eigenvalue weighted by Crippen LogP contribution is 2.31. The van der Waals surface area contributed by atoms with Crippen molar-refractivity contribution in [3.63, 3.8) is 0 Å². The highest BCUT2D eigenvalue weighted by Gasteiger charge is 2.30. The van der Waals surface area contributed by atoms with Gasteiger partial charge in [-0.2, -0.15) is 0 Å². The smallest absolute Gasteiger partial charge is 0.192 e. The van der Waals surface area contributed by atoms with Crippen LogP contribution < -0.4 is 5.73 Å². The lowest BCUT2D eigenvalue weighted by atomic mass is 10.2. The van der Waals surface area contributed by atoms with E-state index in [1.165, 1.54) is 9.75 Å². The number of aryl methyl sites for hydroxylation is 1. The fraction of sp³-hybridized carbons (Fsp3) is 0.545. The van der Waals surface area contributed by atoms with Gasteiger partial charge in [-0.25, -0.2) is 0 Å². The van der Waals surface area contributed by atoms with Crippen LogP contribution in [0.15, 0.2) is 17.1 Å². The molecule has 3 nitrogen and oxygen atoms in total. The molecule has 1 aliphatic heterocycles. The van der Waals surface area contributed by atoms with Gasteiger partial charge in [-0.1, -0.05) is 0 Å². The lowest BCUT2D eigenvalue weighted by Crippen LogP contribution is -2.40. The van der Waals surface area contributed by atoms with Gasteiger partial charge in [-0.15, -0.1) is 11.3 Å². The molecule has 1 aromatic rings. The molecule has 0 spiro atoms. The van der Waals surface area contributed by atoms with E-state index in [1.807, 2.05) is 11.3 Å². The summed E-state index contributed by atoms with van der Waals surface area (Å²) in [5, 5.41) is 0. The summed E-state index contributed by atoms with van der Waals surface area (Å²) in [5.41, 5.74) is 5.90. The Hall–Kier alpha value is -1.03. The van der Waals surface area contributed by atoms with Gasteiger partial charge in [0.25, 0.3) is 0 Å². The molecule has 82 valence electrons. The molecule has 1 atom stereocenters. The number of hydrogen-bond donors (Lipinski definition) is 1. The maximum absolute atomic E-state index is 5.90. The minimum atomic E-state index is 0.351. The Balaban J connectivity index is 2.24. The van der Waals surface area contributed by atoms with Crippen LogP contribution in [0.4, 0.5) is 0 Å². The average Bonchev–Trinajstić information content (AvgIpc) is 2.71. The summed E-state index contributed by atoms with van der Waals surface area (Å²) >= 11 is 1.84. The zero-order chi connectivity index (χ0) is 11.0. The van der Waals surface area contributed by atoms with E-state index in [1.54, 1.807) is 0 Å². The zero-order valence-electron chi connectivity index (χ0n) is 9.40. The lowest BCUT2D eigenvalue weighted by molar-refractivity contribution is 0.293. The topological polar surface area (TPSA) is 41.6 Å². The van der Waals surface area contributed by atoms with Gasteiger partial charge in [0.1, 0.15) is 0 Å². The zero-order valence-corrected chi connectivity index (χ0v) is 10.2. The first kappa shape index (κ1) is 10.5. The Morgan fingerprint density at radius 3 is 2.80 bits per heavy atom. The fourth-order valence-electron chi connectivity index (χ4n) is 1.99. The van der Waals surface area contributed by atoms with E-state index < -0.39 is 0 Å². The van der Waals surface area contributed by atoms with Crippen molar-refractivity contribution in [1.29, 1.82) is 0 Å². The van der Waals surface area contributed by atoms with Crippen molar-refractivity contribution in [2.45, 2.75) is 32.9 Å². The summed E-state index contributed by atoms with van der Waals surface area (Å²) < 4.78 is 0. The molecule has 0 saturated carbocycles. The molecule has 2 rings (SSSR count). The van der Waals surface area contributed by atoms with Gasteiger partial charge < -0.3 is 10.6 Å². The predicted molar refractivity (Wildman–Crippen MR) is 65.3 cm³/mol. The minimum absolute atomic E-state index is 0.351. The SMILES string of the molecule is Cc1ccc(C2CN=C(N)N2C(C)C)s1. The van der Waals surface area contributed by atoms with Crippen LogP contribution in [0.25, 0.3) is 0 Å². The molecule has 0 amide bonds. The van der Waals surface area contributed by atoms with Crippen LogP contribution in [-0.2, 0) is 0 Å². The molecule has 0 aliphatic carbocycles. The molecular formula is C11H17N3S. The highest BCUT2D eigenvalue weighted by atomic mass is 32.1. The van der Waals surface area contributed by atoms with E-state index in [4.69, 9.17) is 5.73 Å². The van der Waals surface area contributed by atoms with E-state index >= 15 is 0 Å². The standard InChI is InChI=1S/C11H17N3S/c1-7(2)14-9(6-13-11(14)12)10-5-4-8(3)15-10/h4-5,7,9H,6H2,1-3H3,(H2,12,13). The molecule has 0 fully saturated rings. The summed E-state index contributed by atoms with van der Waals surface area (Å²) in [6.07, 6.45) is 0. The number of guanidine groups is 1. The molecule has 4 heteroatoms. The molecule has 0 aromatic carbocycles. The van der Waals surface area contributed by atoms with Gasteiger partial charge >= 0.3 is 0 Å². The van der Waals surface area contributed by atoms with E-state index in [0.717, 1.165) is 6.54 Å². The summed E-state index contributed by atoms with van der Waals surface area (Å²) in [7, 11) is 0. The van der Waals surface area contributed by atoms with E-state index in [9.17, 15) is 0 Å². The third kappa shape index (κ3) is 1.86. The summed E-state index contributed by atoms with van der Waals surface area (Å²) in [6, 6.07) is 5.11. The second-order valence-corrected chi connectivity index (χ2v) is 5.48. The lowest BCUT2D eigenvalue weighted by Gasteiger charge is -2.29. The van der Waals surface area contributed by atoms with Gasteiger partial charge in [0.2, 0.25) is 0 Å². The molecular weight excluding hydrogens is 206 g/mol. The fourth-order valence-corrected chi connectivity index (χ4v) is 2.96. The van der Waals surface area contributed by atoms with E-state index in [0.29, 0.717) is 18.0 Å². The number of aliphatic imine (C=N–C) groups is 1. The van der Waals surface area contributed by atoms with Crippen molar-refractivity contribution >= 4 is 17.3 Å². The van der Waals surface area contributed by atoms with Crippen molar-refractivity contribution in [2.24, 2.45) is 10.7 Å². The van der Waals surface area contributed by atoms with Gasteiger partial charge in [-0.05, 0) is 32.9 Å². The summed E-state index contributed by atoms with van der Waals surface area (Å²) in [6.45, 7) is 7.24. The van der Waals surface area contributed by atoms with Crippen LogP contribution in [0.1, 0.15) is 29.6 Å². The second-order valence-electron chi connectivity index (χ2n) is 4.16. The summed E-state index contributed by atoms with van der Waals surface area (Å²) in [5.74, 6) is 0.682. The third-order valence-corrected chi connectivity index (χ3v) is 3.77. The monoisotopic (exact) mass is 223 g/mol. The first-order valence-corrected chi connectivity index (χ1v) is 6.06. The van der Waals surface area contributed by atoms with Crippen molar-refractivity contribution in [3.05, 3.63) is 21.9 Å². The Morgan fingerprint density at radius 1 is 1.53 bits per heavy atom. The molecule has 2 N–H and O–H groups in total. The molecule has 1 aliphatic rings. The molecule has 0 radical (unpaired) electrons. The molecule has 1 aromatic heterocycles. The van der Waals surface area contributed by atoms with E-state index in [-0.39, 0.29) is 0 Å². The van der Waals surface area contributed by atoms with Crippen LogP contribution in [0.2, 0.25) is 0 Å². The number of nitrogens with zero attached hydrogens (tertiary/aromatic N) is 2. The van der Waals surface area contributed by atoms with Gasteiger partial charge in [0.05, 0.1) is 12.6 Å². The Labute approximate surface area is 94.6 Å². The molecule has 0 bridgehead atoms. The van der Waals surface area contributed by atoms with E-state index in [2.05, 4.69) is 42.8 Å². The second kappa shape index (κ2) is 3.85. The third-order valence-electron chi connectivity index (χ3n) is 2.67. The normalized spacial score (nSPS) is 21.2. The van der Waals surface area contributed by atoms with Gasteiger partial charge in [-0.3, -0.25) is 4.99 Å². The molecule has 0 saturated heterocycles. The number of nitrogens with two attached hydrogens (primary N) is 1. The molecule has 2 heterocycles. The van der Waals surface area contributed by atoms with Crippen molar-refractivity contribution in [2.75, 3.05) is 6.54 Å². The van der Waals surface area contributed by atoms with Crippen molar-refractivity contribution < 1.29 is 0 Å². The largest absolute Gasteiger partial charge is 0.370 e. The van der Waals surface area contributed by atoms with Crippen LogP contribution in [-0.4, -0.2) is 23.4 Å². The molecule has 1 unspecified atom stereocenters. The highest BCUT2D eigenvalue weighted by molar-refractivity contribution is 7.12. The van der Waals surface area contributed by atoms with Crippen LogP contribution in [0, 0.1) is 6.92 Å². The predicted octanol–water partition coefficient (Wildman–Crippen LogP) is 2.14. The van der Waals surface area contributed by atoms with Gasteiger partial charge in [0, 0.05) is 15.8 Å². The Morgan fingerprint density at radius 2 is 2.27 bits per heavy atom. The van der Waals surface area contributed by atoms with Crippen LogP contribution in [0.3, 0.4) is 0 Å². The van der Waals surface area contributed by atoms with Crippen molar-refractivity contribution in [3.8, 4) is 0 Å².